The van der Waals surface area contributed by atoms with E-state index in [2.05, 4.69) is 0 Å². The molecule has 1 N–H and O–H groups in total. The van der Waals surface area contributed by atoms with E-state index in [4.69, 9.17) is 4.74 Å². The van der Waals surface area contributed by atoms with Crippen LogP contribution in [-0.2, 0) is 4.74 Å². The Morgan fingerprint density at radius 3 is 2.67 bits per heavy atom. The van der Waals surface area contributed by atoms with Crippen molar-refractivity contribution >= 4 is 0 Å². The Bertz CT molecular complexity index is 202. The van der Waals surface area contributed by atoms with E-state index in [1.165, 1.54) is 12.8 Å². The van der Waals surface area contributed by atoms with Gasteiger partial charge in [0.2, 0.25) is 0 Å². The minimum Gasteiger partial charge on any atom is -0.386 e. The summed E-state index contributed by atoms with van der Waals surface area (Å²) in [6.07, 6.45) is 6.13. The molecule has 12 heavy (non-hydrogen) atoms. The maximum atomic E-state index is 9.95. The number of ether oxygens (including phenoxy) is 1. The van der Waals surface area contributed by atoms with Crippen molar-refractivity contribution in [3.63, 3.8) is 0 Å². The fraction of sp³-hybridized carbons (Fsp3) is 0.800. The van der Waals surface area contributed by atoms with Gasteiger partial charge in [-0.1, -0.05) is 18.9 Å². The quantitative estimate of drug-likeness (QED) is 0.557. The minimum absolute atomic E-state index is 0.193. The number of hydrogen-bond acceptors (Lipinski definition) is 2. The van der Waals surface area contributed by atoms with E-state index in [9.17, 15) is 5.11 Å². The third-order valence-corrected chi connectivity index (χ3v) is 3.20. The third kappa shape index (κ3) is 1.02. The molecule has 0 amide bonds. The Labute approximate surface area is 73.2 Å². The van der Waals surface area contributed by atoms with E-state index < -0.39 is 0 Å². The van der Waals surface area contributed by atoms with Gasteiger partial charge in [-0.2, -0.15) is 0 Å². The van der Waals surface area contributed by atoms with Crippen LogP contribution in [0.1, 0.15) is 32.6 Å². The molecule has 0 aromatic carbocycles. The predicted octanol–water partition coefficient (Wildman–Crippen LogP) is 1.64. The van der Waals surface area contributed by atoms with Gasteiger partial charge in [0.1, 0.15) is 6.10 Å². The van der Waals surface area contributed by atoms with Gasteiger partial charge in [0.05, 0.1) is 12.2 Å². The van der Waals surface area contributed by atoms with Crippen LogP contribution in [0.15, 0.2) is 11.6 Å². The highest BCUT2D eigenvalue weighted by molar-refractivity contribution is 5.20. The number of aliphatic hydroxyl groups is 1. The van der Waals surface area contributed by atoms with Crippen LogP contribution in [0.3, 0.4) is 0 Å². The lowest BCUT2D eigenvalue weighted by Gasteiger charge is -2.25. The molecule has 1 spiro atoms. The summed E-state index contributed by atoms with van der Waals surface area (Å²) in [4.78, 5) is 0. The first-order chi connectivity index (χ1) is 5.78. The van der Waals surface area contributed by atoms with Crippen molar-refractivity contribution in [2.75, 3.05) is 6.61 Å². The van der Waals surface area contributed by atoms with Crippen LogP contribution in [0.25, 0.3) is 0 Å². The molecule has 1 saturated carbocycles. The van der Waals surface area contributed by atoms with Gasteiger partial charge in [0.15, 0.2) is 0 Å². The molecular weight excluding hydrogens is 152 g/mol. The zero-order valence-corrected chi connectivity index (χ0v) is 7.55. The fourth-order valence-corrected chi connectivity index (χ4v) is 2.36. The van der Waals surface area contributed by atoms with E-state index in [0.29, 0.717) is 6.61 Å². The van der Waals surface area contributed by atoms with Crippen molar-refractivity contribution in [2.45, 2.75) is 44.3 Å². The first-order valence-electron chi connectivity index (χ1n) is 4.76. The van der Waals surface area contributed by atoms with Gasteiger partial charge in [-0.25, -0.2) is 0 Å². The van der Waals surface area contributed by atoms with Crippen molar-refractivity contribution in [3.8, 4) is 0 Å². The summed E-state index contributed by atoms with van der Waals surface area (Å²) in [6.45, 7) is 2.60. The molecule has 0 aromatic rings. The predicted molar refractivity (Wildman–Crippen MR) is 46.9 cm³/mol. The summed E-state index contributed by atoms with van der Waals surface area (Å²) < 4.78 is 5.70. The second kappa shape index (κ2) is 2.86. The lowest BCUT2D eigenvalue weighted by Crippen LogP contribution is -2.36. The molecule has 2 heteroatoms. The average Bonchev–Trinajstić information content (AvgIpc) is 2.65. The molecule has 1 aliphatic carbocycles. The largest absolute Gasteiger partial charge is 0.386 e. The topological polar surface area (TPSA) is 29.5 Å². The van der Waals surface area contributed by atoms with Crippen LogP contribution in [-0.4, -0.2) is 23.4 Å². The lowest BCUT2D eigenvalue weighted by atomic mass is 9.92. The van der Waals surface area contributed by atoms with E-state index in [1.807, 2.05) is 13.0 Å². The SMILES string of the molecule is C/C=C1/COC2(CCCC2)C1O. The van der Waals surface area contributed by atoms with Crippen molar-refractivity contribution in [1.29, 1.82) is 0 Å². The smallest absolute Gasteiger partial charge is 0.106 e. The molecule has 1 aliphatic heterocycles. The highest BCUT2D eigenvalue weighted by Crippen LogP contribution is 2.42. The minimum atomic E-state index is -0.329. The van der Waals surface area contributed by atoms with E-state index in [-0.39, 0.29) is 11.7 Å². The van der Waals surface area contributed by atoms with Gasteiger partial charge in [-0.15, -0.1) is 0 Å². The van der Waals surface area contributed by atoms with Gasteiger partial charge < -0.3 is 9.84 Å². The Hall–Kier alpha value is -0.340. The normalized spacial score (nSPS) is 36.8. The standard InChI is InChI=1S/C10H16O2/c1-2-8-7-12-10(9(8)11)5-3-4-6-10/h2,9,11H,3-7H2,1H3/b8-2-. The van der Waals surface area contributed by atoms with Crippen LogP contribution in [0.5, 0.6) is 0 Å². The Kier molecular flexibility index (Phi) is 1.97. The van der Waals surface area contributed by atoms with Gasteiger partial charge in [0.25, 0.3) is 0 Å². The highest BCUT2D eigenvalue weighted by atomic mass is 16.5. The summed E-state index contributed by atoms with van der Waals surface area (Å²) in [5.74, 6) is 0. The Morgan fingerprint density at radius 1 is 1.50 bits per heavy atom. The van der Waals surface area contributed by atoms with Crippen LogP contribution >= 0.6 is 0 Å². The van der Waals surface area contributed by atoms with Crippen molar-refractivity contribution in [2.24, 2.45) is 0 Å². The van der Waals surface area contributed by atoms with Crippen LogP contribution in [0.2, 0.25) is 0 Å². The number of aliphatic hydroxyl groups excluding tert-OH is 1. The monoisotopic (exact) mass is 168 g/mol. The van der Waals surface area contributed by atoms with Gasteiger partial charge in [0, 0.05) is 0 Å². The van der Waals surface area contributed by atoms with Crippen LogP contribution in [0.4, 0.5) is 0 Å². The summed E-state index contributed by atoms with van der Waals surface area (Å²) in [7, 11) is 0. The van der Waals surface area contributed by atoms with Gasteiger partial charge >= 0.3 is 0 Å². The second-order valence-corrected chi connectivity index (χ2v) is 3.83. The summed E-state index contributed by atoms with van der Waals surface area (Å²) >= 11 is 0. The highest BCUT2D eigenvalue weighted by Gasteiger charge is 2.47. The number of hydrogen-bond donors (Lipinski definition) is 1. The molecule has 1 heterocycles. The first-order valence-corrected chi connectivity index (χ1v) is 4.76. The van der Waals surface area contributed by atoms with E-state index in [1.54, 1.807) is 0 Å². The third-order valence-electron chi connectivity index (χ3n) is 3.20. The Balaban J connectivity index is 2.19. The summed E-state index contributed by atoms with van der Waals surface area (Å²) in [5.41, 5.74) is 0.874. The first kappa shape index (κ1) is 8.27. The molecule has 1 unspecified atom stereocenters. The molecule has 0 radical (unpaired) electrons. The van der Waals surface area contributed by atoms with E-state index >= 15 is 0 Å². The zero-order chi connectivity index (χ0) is 8.60. The fourth-order valence-electron chi connectivity index (χ4n) is 2.36. The molecule has 2 nitrogen and oxygen atoms in total. The van der Waals surface area contributed by atoms with E-state index in [0.717, 1.165) is 18.4 Å². The van der Waals surface area contributed by atoms with Crippen LogP contribution < -0.4 is 0 Å². The number of rotatable bonds is 0. The summed E-state index contributed by atoms with van der Waals surface area (Å²) in [5, 5.41) is 9.95. The van der Waals surface area contributed by atoms with Gasteiger partial charge in [-0.3, -0.25) is 0 Å². The molecule has 0 aromatic heterocycles. The molecular formula is C10H16O2. The molecule has 2 fully saturated rings. The summed E-state index contributed by atoms with van der Waals surface area (Å²) in [6, 6.07) is 0. The Morgan fingerprint density at radius 2 is 2.17 bits per heavy atom. The zero-order valence-electron chi connectivity index (χ0n) is 7.55. The maximum Gasteiger partial charge on any atom is 0.106 e. The van der Waals surface area contributed by atoms with Crippen molar-refractivity contribution in [3.05, 3.63) is 11.6 Å². The molecule has 2 rings (SSSR count). The molecule has 68 valence electrons. The average molecular weight is 168 g/mol. The molecule has 2 aliphatic rings. The van der Waals surface area contributed by atoms with Crippen molar-refractivity contribution in [1.82, 2.24) is 0 Å². The van der Waals surface area contributed by atoms with Crippen LogP contribution in [0, 0.1) is 0 Å². The number of allylic oxidation sites excluding steroid dienone is 1. The molecule has 1 atom stereocenters. The second-order valence-electron chi connectivity index (χ2n) is 3.83. The molecule has 1 saturated heterocycles. The van der Waals surface area contributed by atoms with Gasteiger partial charge in [-0.05, 0) is 25.3 Å². The maximum absolute atomic E-state index is 9.95. The molecule has 0 bridgehead atoms. The lowest BCUT2D eigenvalue weighted by molar-refractivity contribution is -0.0505. The van der Waals surface area contributed by atoms with Crippen molar-refractivity contribution < 1.29 is 9.84 Å².